The number of hydrogen-bond donors (Lipinski definition) is 1. The highest BCUT2D eigenvalue weighted by atomic mass is 32.2. The molecule has 0 bridgehead atoms. The Bertz CT molecular complexity index is 1090. The summed E-state index contributed by atoms with van der Waals surface area (Å²) in [5, 5.41) is 9.63. The molecule has 3 aromatic rings. The molecule has 3 rings (SSSR count). The third-order valence-electron chi connectivity index (χ3n) is 3.68. The number of carbonyl (C=O) groups is 1. The topological polar surface area (TPSA) is 98.4 Å². The van der Waals surface area contributed by atoms with Crippen LogP contribution in [0.1, 0.15) is 16.1 Å². The summed E-state index contributed by atoms with van der Waals surface area (Å²) in [6.45, 7) is 0. The van der Waals surface area contributed by atoms with Gasteiger partial charge in [-0.15, -0.1) is 0 Å². The number of nitrogens with zero attached hydrogens (tertiary/aromatic N) is 2. The number of benzene rings is 1. The van der Waals surface area contributed by atoms with Gasteiger partial charge in [0.2, 0.25) is 10.0 Å². The summed E-state index contributed by atoms with van der Waals surface area (Å²) < 4.78 is 27.5. The Morgan fingerprint density at radius 2 is 1.83 bits per heavy atom. The molecule has 0 spiro atoms. The third kappa shape index (κ3) is 2.61. The largest absolute Gasteiger partial charge is 0.477 e. The molecular weight excluding hydrogens is 332 g/mol. The predicted molar refractivity (Wildman–Crippen MR) is 88.6 cm³/mol. The summed E-state index contributed by atoms with van der Waals surface area (Å²) in [6, 6.07) is 11.1. The van der Waals surface area contributed by atoms with Crippen molar-refractivity contribution in [2.24, 2.45) is 7.05 Å². The van der Waals surface area contributed by atoms with Gasteiger partial charge in [-0.25, -0.2) is 17.2 Å². The number of carboxylic acid groups (broad SMARTS) is 1. The highest BCUT2D eigenvalue weighted by molar-refractivity contribution is 7.89. The zero-order chi connectivity index (χ0) is 17.5. The minimum Gasteiger partial charge on any atom is -0.477 e. The van der Waals surface area contributed by atoms with Crippen LogP contribution in [-0.2, 0) is 22.8 Å². The van der Waals surface area contributed by atoms with Crippen LogP contribution in [0.25, 0.3) is 10.9 Å². The second kappa shape index (κ2) is 5.64. The van der Waals surface area contributed by atoms with Gasteiger partial charge in [0.15, 0.2) is 0 Å². The van der Waals surface area contributed by atoms with Crippen molar-refractivity contribution in [3.8, 4) is 0 Å². The molecule has 0 aliphatic heterocycles. The van der Waals surface area contributed by atoms with Gasteiger partial charge < -0.3 is 9.67 Å². The minimum absolute atomic E-state index is 0.159. The van der Waals surface area contributed by atoms with Crippen LogP contribution in [0.3, 0.4) is 0 Å². The van der Waals surface area contributed by atoms with Crippen LogP contribution < -0.4 is 5.56 Å². The highest BCUT2D eigenvalue weighted by Crippen LogP contribution is 2.21. The lowest BCUT2D eigenvalue weighted by atomic mass is 10.2. The fourth-order valence-corrected chi connectivity index (χ4v) is 4.20. The van der Waals surface area contributed by atoms with Crippen molar-refractivity contribution in [1.82, 2.24) is 8.54 Å². The van der Waals surface area contributed by atoms with E-state index in [-0.39, 0.29) is 10.9 Å². The molecule has 0 amide bonds. The van der Waals surface area contributed by atoms with Gasteiger partial charge >= 0.3 is 5.97 Å². The molecule has 0 saturated heterocycles. The van der Waals surface area contributed by atoms with Crippen molar-refractivity contribution < 1.29 is 18.3 Å². The van der Waals surface area contributed by atoms with Crippen molar-refractivity contribution in [3.05, 3.63) is 70.3 Å². The molecular formula is C16H14N2O5S. The summed E-state index contributed by atoms with van der Waals surface area (Å²) in [5.74, 6) is -1.82. The molecule has 0 saturated carbocycles. The van der Waals surface area contributed by atoms with Gasteiger partial charge in [-0.2, -0.15) is 0 Å². The summed E-state index contributed by atoms with van der Waals surface area (Å²) in [4.78, 5) is 23.9. The van der Waals surface area contributed by atoms with Crippen LogP contribution in [-0.4, -0.2) is 28.0 Å². The van der Waals surface area contributed by atoms with Crippen molar-refractivity contribution >= 4 is 26.9 Å². The zero-order valence-corrected chi connectivity index (χ0v) is 13.5. The van der Waals surface area contributed by atoms with Crippen LogP contribution in [0.4, 0.5) is 0 Å². The maximum absolute atomic E-state index is 12.8. The van der Waals surface area contributed by atoms with E-state index in [1.54, 1.807) is 30.3 Å². The summed E-state index contributed by atoms with van der Waals surface area (Å²) >= 11 is 0. The number of rotatable bonds is 4. The van der Waals surface area contributed by atoms with Crippen molar-refractivity contribution in [2.75, 3.05) is 0 Å². The molecule has 0 aliphatic carbocycles. The second-order valence-electron chi connectivity index (χ2n) is 5.38. The minimum atomic E-state index is -4.09. The number of fused-ring (bicyclic) bond motifs is 1. The molecule has 24 heavy (non-hydrogen) atoms. The lowest BCUT2D eigenvalue weighted by Crippen LogP contribution is -2.25. The standard InChI is InChI=1S/C16H14N2O5S/c1-17-8-7-12-9-13(16(20)21)18(14(12)15(17)19)24(22,23)10-11-5-3-2-4-6-11/h2-9H,10H2,1H3,(H,20,21). The second-order valence-corrected chi connectivity index (χ2v) is 7.19. The first-order chi connectivity index (χ1) is 11.3. The zero-order valence-electron chi connectivity index (χ0n) is 12.7. The monoisotopic (exact) mass is 346 g/mol. The summed E-state index contributed by atoms with van der Waals surface area (Å²) in [7, 11) is -2.61. The molecule has 1 N–H and O–H groups in total. The van der Waals surface area contributed by atoms with Gasteiger partial charge in [0.25, 0.3) is 5.56 Å². The quantitative estimate of drug-likeness (QED) is 0.770. The fraction of sp³-hybridized carbons (Fsp3) is 0.125. The van der Waals surface area contributed by atoms with Crippen molar-refractivity contribution in [2.45, 2.75) is 5.75 Å². The van der Waals surface area contributed by atoms with Gasteiger partial charge in [-0.1, -0.05) is 30.3 Å². The average Bonchev–Trinajstić information content (AvgIpc) is 2.93. The Labute approximate surface area is 137 Å². The predicted octanol–water partition coefficient (Wildman–Crippen LogP) is 1.42. The fourth-order valence-electron chi connectivity index (χ4n) is 2.56. The van der Waals surface area contributed by atoms with Gasteiger partial charge in [-0.3, -0.25) is 4.79 Å². The van der Waals surface area contributed by atoms with E-state index >= 15 is 0 Å². The van der Waals surface area contributed by atoms with E-state index in [2.05, 4.69) is 0 Å². The van der Waals surface area contributed by atoms with E-state index in [0.717, 1.165) is 0 Å². The number of hydrogen-bond acceptors (Lipinski definition) is 4. The lowest BCUT2D eigenvalue weighted by Gasteiger charge is -2.10. The van der Waals surface area contributed by atoms with Crippen LogP contribution >= 0.6 is 0 Å². The first kappa shape index (κ1) is 16.0. The van der Waals surface area contributed by atoms with E-state index in [9.17, 15) is 23.1 Å². The molecule has 2 aromatic heterocycles. The van der Waals surface area contributed by atoms with Gasteiger partial charge in [0, 0.05) is 18.6 Å². The Balaban J connectivity index is 2.31. The van der Waals surface area contributed by atoms with Gasteiger partial charge in [-0.05, 0) is 17.7 Å². The maximum atomic E-state index is 12.8. The molecule has 2 heterocycles. The Kier molecular flexibility index (Phi) is 3.76. The molecule has 1 aromatic carbocycles. The summed E-state index contributed by atoms with van der Waals surface area (Å²) in [6.07, 6.45) is 1.46. The van der Waals surface area contributed by atoms with Gasteiger partial charge in [0.1, 0.15) is 11.2 Å². The van der Waals surface area contributed by atoms with E-state index < -0.39 is 33.0 Å². The van der Waals surface area contributed by atoms with E-state index in [0.29, 0.717) is 9.54 Å². The molecule has 0 aliphatic rings. The average molecular weight is 346 g/mol. The molecule has 8 heteroatoms. The Morgan fingerprint density at radius 3 is 2.46 bits per heavy atom. The van der Waals surface area contributed by atoms with Crippen molar-refractivity contribution in [1.29, 1.82) is 0 Å². The van der Waals surface area contributed by atoms with Gasteiger partial charge in [0.05, 0.1) is 5.75 Å². The molecule has 0 unspecified atom stereocenters. The number of carboxylic acids is 1. The van der Waals surface area contributed by atoms with Crippen LogP contribution in [0.15, 0.2) is 53.5 Å². The number of aryl methyl sites for hydroxylation is 1. The van der Waals surface area contributed by atoms with Crippen LogP contribution in [0.5, 0.6) is 0 Å². The SMILES string of the molecule is Cn1ccc2cc(C(=O)O)n(S(=O)(=O)Cc3ccccc3)c2c1=O. The Hall–Kier alpha value is -2.87. The lowest BCUT2D eigenvalue weighted by molar-refractivity contribution is 0.0689. The highest BCUT2D eigenvalue weighted by Gasteiger charge is 2.26. The number of aromatic nitrogens is 2. The van der Waals surface area contributed by atoms with Crippen molar-refractivity contribution in [3.63, 3.8) is 0 Å². The smallest absolute Gasteiger partial charge is 0.353 e. The number of pyridine rings is 1. The van der Waals surface area contributed by atoms with Crippen LogP contribution in [0.2, 0.25) is 0 Å². The Morgan fingerprint density at radius 1 is 1.17 bits per heavy atom. The maximum Gasteiger partial charge on any atom is 0.353 e. The normalized spacial score (nSPS) is 11.7. The van der Waals surface area contributed by atoms with E-state index in [1.165, 1.54) is 29.9 Å². The first-order valence-corrected chi connectivity index (χ1v) is 8.64. The molecule has 0 radical (unpaired) electrons. The molecule has 0 atom stereocenters. The van der Waals surface area contributed by atoms with Crippen LogP contribution in [0, 0.1) is 0 Å². The molecule has 0 fully saturated rings. The number of aromatic carboxylic acids is 1. The summed E-state index contributed by atoms with van der Waals surface area (Å²) in [5.41, 5.74) is -0.683. The third-order valence-corrected chi connectivity index (χ3v) is 5.31. The molecule has 7 nitrogen and oxygen atoms in total. The van der Waals surface area contributed by atoms with E-state index in [1.807, 2.05) is 0 Å². The molecule has 124 valence electrons. The first-order valence-electron chi connectivity index (χ1n) is 7.03. The van der Waals surface area contributed by atoms with E-state index in [4.69, 9.17) is 0 Å².